The smallest absolute Gasteiger partial charge is 0.280 e. The van der Waals surface area contributed by atoms with E-state index in [0.717, 1.165) is 0 Å². The van der Waals surface area contributed by atoms with Crippen molar-refractivity contribution < 1.29 is 145 Å². The number of rotatable bonds is 12. The van der Waals surface area contributed by atoms with Crippen LogP contribution in [-0.2, 0) is 18.1 Å². The molecule has 35 heteroatoms. The van der Waals surface area contributed by atoms with Gasteiger partial charge in [-0.3, -0.25) is 18.1 Å². The molecule has 0 aliphatic heterocycles. The van der Waals surface area contributed by atoms with Gasteiger partial charge in [0.1, 0.15) is 0 Å². The van der Waals surface area contributed by atoms with Crippen LogP contribution in [0, 0.1) is 0 Å². The first-order chi connectivity index (χ1) is 20.2. The van der Waals surface area contributed by atoms with E-state index in [1.165, 1.54) is 13.3 Å². The molecule has 1 amide bonds. The van der Waals surface area contributed by atoms with Crippen molar-refractivity contribution in [3.8, 4) is 0 Å². The highest BCUT2D eigenvalue weighted by Gasteiger charge is 2.96. The minimum Gasteiger partial charge on any atom is -0.280 e. The van der Waals surface area contributed by atoms with E-state index in [1.54, 1.807) is 0 Å². The van der Waals surface area contributed by atoms with E-state index in [1.807, 2.05) is 0 Å². The lowest BCUT2D eigenvalue weighted by atomic mass is 9.90. The molecule has 0 bridgehead atoms. The van der Waals surface area contributed by atoms with Crippen molar-refractivity contribution >= 4 is 14.7 Å². The molecule has 5 nitrogen and oxygen atoms in total. The lowest BCUT2D eigenvalue weighted by molar-refractivity contribution is -0.471. The van der Waals surface area contributed by atoms with Crippen LogP contribution in [0.5, 0.6) is 0 Å². The largest absolute Gasteiger partial charge is 0.605 e. The first-order valence-corrected chi connectivity index (χ1v) is 11.3. The number of carbonyl (C=O) groups excluding carboxylic acids is 1. The Morgan fingerprint density at radius 3 is 0.854 bits per heavy atom. The number of hydrogen-bond donors (Lipinski definition) is 0. The maximum absolute atomic E-state index is 14.2. The van der Waals surface area contributed by atoms with Crippen molar-refractivity contribution in [2.24, 2.45) is 0 Å². The van der Waals surface area contributed by atoms with Crippen LogP contribution in [-0.4, -0.2) is 92.2 Å². The lowest BCUT2D eigenvalue weighted by Crippen LogP contribution is -2.76. The van der Waals surface area contributed by atoms with Crippen LogP contribution in [0.4, 0.5) is 127 Å². The van der Waals surface area contributed by atoms with Gasteiger partial charge in [-0.25, -0.2) is 0 Å². The molecule has 0 saturated carbocycles. The Hall–Kier alpha value is -2.46. The standard InChI is InChI=1S/C13F29NO4Si/c14-2(15,48(45-11(33,34)35,46-12(36,37)38)47-13(39,40)41)1(44)43(42)10(31,32)8(26,27)6(22,23)4(18,19)3(16,17)5(20,21)7(24,25)9(28,29)30. The van der Waals surface area contributed by atoms with E-state index in [-0.39, 0.29) is 0 Å². The second-order valence-electron chi connectivity index (χ2n) is 7.85. The highest BCUT2D eigenvalue weighted by Crippen LogP contribution is 2.64. The van der Waals surface area contributed by atoms with E-state index in [9.17, 15) is 132 Å². The Bertz CT molecular complexity index is 1120. The van der Waals surface area contributed by atoms with Crippen LogP contribution in [0.1, 0.15) is 0 Å². The topological polar surface area (TPSA) is 48.0 Å². The number of nitrogens with zero attached hydrogens (tertiary/aromatic N) is 1. The highest BCUT2D eigenvalue weighted by molar-refractivity contribution is 6.67. The van der Waals surface area contributed by atoms with Gasteiger partial charge in [0.15, 0.2) is 0 Å². The van der Waals surface area contributed by atoms with Gasteiger partial charge >= 0.3 is 87.1 Å². The molecule has 0 saturated heterocycles. The Morgan fingerprint density at radius 1 is 0.396 bits per heavy atom. The van der Waals surface area contributed by atoms with Crippen molar-refractivity contribution in [2.75, 3.05) is 0 Å². The molecule has 0 N–H and O–H groups in total. The van der Waals surface area contributed by atoms with Gasteiger partial charge in [-0.15, -0.1) is 39.5 Å². The molecule has 0 aromatic heterocycles. The molecule has 0 aliphatic carbocycles. The van der Waals surface area contributed by atoms with Gasteiger partial charge < -0.3 is 0 Å². The van der Waals surface area contributed by atoms with Crippen LogP contribution in [0.25, 0.3) is 0 Å². The van der Waals surface area contributed by atoms with Crippen LogP contribution in [0.15, 0.2) is 0 Å². The number of halogens is 29. The molecular weight excluding hydrogens is 813 g/mol. The summed E-state index contributed by atoms with van der Waals surface area (Å²) in [4.78, 5) is 11.3. The molecule has 0 aromatic carbocycles. The highest BCUT2D eigenvalue weighted by atomic mass is 28.4. The summed E-state index contributed by atoms with van der Waals surface area (Å²) in [5.74, 6) is -62.0. The predicted molar refractivity (Wildman–Crippen MR) is 80.8 cm³/mol. The van der Waals surface area contributed by atoms with E-state index in [0.29, 0.717) is 0 Å². The minimum absolute atomic E-state index is 1.52. The molecule has 48 heavy (non-hydrogen) atoms. The van der Waals surface area contributed by atoms with Crippen LogP contribution in [0.2, 0.25) is 0 Å². The first kappa shape index (κ1) is 45.5. The summed E-state index contributed by atoms with van der Waals surface area (Å²) in [6.45, 7) is 0. The molecular formula is C13F29NO4Si. The normalized spacial score (nSPS) is 16.4. The number of carbonyl (C=O) groups is 1. The minimum atomic E-state index is -10.0. The molecule has 0 fully saturated rings. The predicted octanol–water partition coefficient (Wildman–Crippen LogP) is 8.39. The first-order valence-electron chi connectivity index (χ1n) is 9.59. The van der Waals surface area contributed by atoms with Crippen LogP contribution in [0.3, 0.4) is 0 Å². The number of hydrogen-bond acceptors (Lipinski definition) is 4. The summed E-state index contributed by atoms with van der Waals surface area (Å²) in [5.41, 5.74) is -8.37. The van der Waals surface area contributed by atoms with Gasteiger partial charge in [0.2, 0.25) is 0 Å². The number of amides is 1. The molecule has 0 radical (unpaired) electrons. The quantitative estimate of drug-likeness (QED) is 0.0861. The van der Waals surface area contributed by atoms with E-state index < -0.39 is 92.2 Å². The Kier molecular flexibility index (Phi) is 11.2. The van der Waals surface area contributed by atoms with E-state index in [2.05, 4.69) is 0 Å². The zero-order valence-corrected chi connectivity index (χ0v) is 21.0. The average Bonchev–Trinajstić information content (AvgIpc) is 2.77. The molecule has 0 heterocycles. The van der Waals surface area contributed by atoms with Crippen molar-refractivity contribution in [3.63, 3.8) is 0 Å². The van der Waals surface area contributed by atoms with Gasteiger partial charge in [0.05, 0.1) is 0 Å². The molecule has 0 aromatic rings. The van der Waals surface area contributed by atoms with Gasteiger partial charge in [-0.05, 0) is 0 Å². The Balaban J connectivity index is 7.51. The summed E-state index contributed by atoms with van der Waals surface area (Å²) < 4.78 is 383. The monoisotopic (exact) mass is 813 g/mol. The summed E-state index contributed by atoms with van der Waals surface area (Å²) in [7, 11) is -10.0. The second kappa shape index (κ2) is 11.8. The van der Waals surface area contributed by atoms with Crippen LogP contribution < -0.4 is 0 Å². The van der Waals surface area contributed by atoms with Gasteiger partial charge in [0.25, 0.3) is 0 Å². The van der Waals surface area contributed by atoms with Crippen molar-refractivity contribution in [1.29, 1.82) is 0 Å². The second-order valence-corrected chi connectivity index (χ2v) is 10.2. The fourth-order valence-electron chi connectivity index (χ4n) is 2.37. The molecule has 0 atom stereocenters. The third-order valence-electron chi connectivity index (χ3n) is 4.53. The van der Waals surface area contributed by atoms with Gasteiger partial charge in [-0.2, -0.15) is 83.4 Å². The molecule has 288 valence electrons. The fourth-order valence-corrected chi connectivity index (χ4v) is 4.16. The fraction of sp³-hybridized carbons (Fsp3) is 0.923. The summed E-state index contributed by atoms with van der Waals surface area (Å²) in [5, 5.41) is -5.03. The zero-order valence-electron chi connectivity index (χ0n) is 20.0. The molecule has 0 unspecified atom stereocenters. The Labute approximate surface area is 239 Å². The molecule has 0 aliphatic rings. The lowest BCUT2D eigenvalue weighted by Gasteiger charge is -2.43. The zero-order chi connectivity index (χ0) is 39.8. The number of alkyl halides is 28. The van der Waals surface area contributed by atoms with Gasteiger partial charge in [0, 0.05) is 0 Å². The van der Waals surface area contributed by atoms with E-state index in [4.69, 9.17) is 0 Å². The summed E-state index contributed by atoms with van der Waals surface area (Å²) in [6, 6.07) is -9.12. The maximum Gasteiger partial charge on any atom is 0.605 e. The third kappa shape index (κ3) is 7.35. The SMILES string of the molecule is O=C(N(F)C(F)(F)C(F)(F)C(F)(F)C(F)(F)C(F)(F)C(F)(F)C(F)(F)C(F)(F)F)C(F)(F)[Si](OC(F)(F)F)(OC(F)(F)F)OC(F)(F)F. The summed E-state index contributed by atoms with van der Waals surface area (Å²) >= 11 is 0. The van der Waals surface area contributed by atoms with Crippen LogP contribution >= 0.6 is 0 Å². The molecule has 0 spiro atoms. The molecule has 0 rings (SSSR count). The summed E-state index contributed by atoms with van der Waals surface area (Å²) in [6.07, 6.45) is -30.9. The van der Waals surface area contributed by atoms with Gasteiger partial charge in [-0.1, -0.05) is 9.60 Å². The maximum atomic E-state index is 14.2. The van der Waals surface area contributed by atoms with Crippen molar-refractivity contribution in [3.05, 3.63) is 0 Å². The van der Waals surface area contributed by atoms with Crippen molar-refractivity contribution in [1.82, 2.24) is 5.12 Å². The van der Waals surface area contributed by atoms with Crippen molar-refractivity contribution in [2.45, 2.75) is 72.4 Å². The van der Waals surface area contributed by atoms with E-state index >= 15 is 0 Å². The third-order valence-corrected chi connectivity index (χ3v) is 7.02. The Morgan fingerprint density at radius 2 is 0.625 bits per heavy atom. The average molecular weight is 813 g/mol.